The third-order valence-electron chi connectivity index (χ3n) is 3.11. The number of para-hydroxylation sites is 2. The minimum atomic E-state index is -0.153. The highest BCUT2D eigenvalue weighted by Gasteiger charge is 2.08. The first kappa shape index (κ1) is 10.7. The van der Waals surface area contributed by atoms with Gasteiger partial charge < -0.3 is 10.7 Å². The Morgan fingerprint density at radius 2 is 1.94 bits per heavy atom. The van der Waals surface area contributed by atoms with Crippen molar-refractivity contribution in [2.75, 3.05) is 5.73 Å². The topological polar surface area (TPSA) is 63.8 Å². The Balaban J connectivity index is 2.34. The van der Waals surface area contributed by atoms with Crippen LogP contribution in [0.15, 0.2) is 47.3 Å². The third kappa shape index (κ3) is 1.50. The number of anilines is 1. The van der Waals surface area contributed by atoms with E-state index in [0.29, 0.717) is 5.69 Å². The summed E-state index contributed by atoms with van der Waals surface area (Å²) in [4.78, 5) is 14.8. The van der Waals surface area contributed by atoms with Gasteiger partial charge in [0.15, 0.2) is 0 Å². The summed E-state index contributed by atoms with van der Waals surface area (Å²) in [6, 6.07) is 13.2. The molecule has 0 radical (unpaired) electrons. The Bertz CT molecular complexity index is 783. The number of aryl methyl sites for hydroxylation is 1. The second kappa shape index (κ2) is 3.77. The van der Waals surface area contributed by atoms with E-state index in [1.807, 2.05) is 49.4 Å². The Morgan fingerprint density at radius 3 is 2.72 bits per heavy atom. The second-order valence-corrected chi connectivity index (χ2v) is 4.32. The molecular weight excluding hydrogens is 226 g/mol. The summed E-state index contributed by atoms with van der Waals surface area (Å²) in [5.41, 5.74) is 9.88. The van der Waals surface area contributed by atoms with Crippen molar-refractivity contribution in [3.8, 4) is 5.69 Å². The van der Waals surface area contributed by atoms with Gasteiger partial charge in [-0.2, -0.15) is 0 Å². The van der Waals surface area contributed by atoms with Gasteiger partial charge in [-0.3, -0.25) is 4.57 Å². The van der Waals surface area contributed by atoms with Crippen LogP contribution in [0.1, 0.15) is 5.56 Å². The molecule has 1 aromatic heterocycles. The maximum atomic E-state index is 12.0. The number of hydrogen-bond acceptors (Lipinski definition) is 2. The lowest BCUT2D eigenvalue weighted by Crippen LogP contribution is -2.14. The molecule has 0 bridgehead atoms. The largest absolute Gasteiger partial charge is 0.398 e. The molecule has 1 heterocycles. The highest BCUT2D eigenvalue weighted by atomic mass is 16.1. The number of nitrogens with two attached hydrogens (primary N) is 1. The van der Waals surface area contributed by atoms with Crippen LogP contribution in [0.3, 0.4) is 0 Å². The molecule has 0 unspecified atom stereocenters. The summed E-state index contributed by atoms with van der Waals surface area (Å²) in [5, 5.41) is 0. The predicted molar refractivity (Wildman–Crippen MR) is 73.0 cm³/mol. The second-order valence-electron chi connectivity index (χ2n) is 4.32. The predicted octanol–water partition coefficient (Wildman–Crippen LogP) is 2.21. The van der Waals surface area contributed by atoms with Crippen molar-refractivity contribution in [1.82, 2.24) is 9.55 Å². The van der Waals surface area contributed by atoms with Gasteiger partial charge in [0.05, 0.1) is 16.7 Å². The molecule has 2 aromatic carbocycles. The number of rotatable bonds is 1. The van der Waals surface area contributed by atoms with Gasteiger partial charge in [0.25, 0.3) is 0 Å². The normalized spacial score (nSPS) is 10.9. The molecule has 0 atom stereocenters. The average molecular weight is 239 g/mol. The van der Waals surface area contributed by atoms with Crippen LogP contribution in [0.4, 0.5) is 5.69 Å². The molecule has 0 amide bonds. The molecule has 3 N–H and O–H groups in total. The fraction of sp³-hybridized carbons (Fsp3) is 0.0714. The number of nitrogens with one attached hydrogen (secondary N) is 1. The molecule has 90 valence electrons. The molecule has 3 aromatic rings. The van der Waals surface area contributed by atoms with Crippen molar-refractivity contribution in [3.05, 3.63) is 58.5 Å². The van der Waals surface area contributed by atoms with Crippen molar-refractivity contribution >= 4 is 16.7 Å². The SMILES string of the molecule is Cc1ccc(-n2c(=O)[nH]c3ccccc32)cc1N. The standard InChI is InChI=1S/C14H13N3O/c1-9-6-7-10(8-11(9)15)17-13-5-3-2-4-12(13)16-14(17)18/h2-8H,15H2,1H3,(H,16,18). The number of imidazole rings is 1. The van der Waals surface area contributed by atoms with E-state index in [9.17, 15) is 4.79 Å². The summed E-state index contributed by atoms with van der Waals surface area (Å²) in [6.07, 6.45) is 0. The zero-order valence-corrected chi connectivity index (χ0v) is 9.97. The molecule has 0 aliphatic rings. The Morgan fingerprint density at radius 1 is 1.17 bits per heavy atom. The van der Waals surface area contributed by atoms with Crippen LogP contribution in [0.2, 0.25) is 0 Å². The quantitative estimate of drug-likeness (QED) is 0.639. The Kier molecular flexibility index (Phi) is 2.23. The summed E-state index contributed by atoms with van der Waals surface area (Å²) >= 11 is 0. The van der Waals surface area contributed by atoms with Crippen LogP contribution in [0, 0.1) is 6.92 Å². The number of aromatic nitrogens is 2. The van der Waals surface area contributed by atoms with Gasteiger partial charge in [0.1, 0.15) is 0 Å². The van der Waals surface area contributed by atoms with Crippen LogP contribution in [0.25, 0.3) is 16.7 Å². The van der Waals surface area contributed by atoms with E-state index in [0.717, 1.165) is 22.3 Å². The van der Waals surface area contributed by atoms with Gasteiger partial charge in [-0.05, 0) is 36.8 Å². The minimum absolute atomic E-state index is 0.153. The average Bonchev–Trinajstić information content (AvgIpc) is 2.69. The van der Waals surface area contributed by atoms with Gasteiger partial charge in [-0.1, -0.05) is 18.2 Å². The van der Waals surface area contributed by atoms with Gasteiger partial charge in [-0.15, -0.1) is 0 Å². The first-order chi connectivity index (χ1) is 8.66. The number of benzene rings is 2. The van der Waals surface area contributed by atoms with Crippen LogP contribution >= 0.6 is 0 Å². The van der Waals surface area contributed by atoms with Gasteiger partial charge >= 0.3 is 5.69 Å². The number of H-pyrrole nitrogens is 1. The highest BCUT2D eigenvalue weighted by Crippen LogP contribution is 2.19. The first-order valence-corrected chi connectivity index (χ1v) is 5.73. The van der Waals surface area contributed by atoms with E-state index in [1.165, 1.54) is 0 Å². The lowest BCUT2D eigenvalue weighted by molar-refractivity contribution is 1.02. The number of nitrogens with zero attached hydrogens (tertiary/aromatic N) is 1. The van der Waals surface area contributed by atoms with Gasteiger partial charge in [-0.25, -0.2) is 4.79 Å². The van der Waals surface area contributed by atoms with Crippen molar-refractivity contribution in [1.29, 1.82) is 0 Å². The van der Waals surface area contributed by atoms with Crippen LogP contribution in [-0.4, -0.2) is 9.55 Å². The van der Waals surface area contributed by atoms with Gasteiger partial charge in [0.2, 0.25) is 0 Å². The highest BCUT2D eigenvalue weighted by molar-refractivity contribution is 5.77. The van der Waals surface area contributed by atoms with Crippen molar-refractivity contribution in [3.63, 3.8) is 0 Å². The summed E-state index contributed by atoms with van der Waals surface area (Å²) < 4.78 is 1.63. The number of nitrogen functional groups attached to an aromatic ring is 1. The smallest absolute Gasteiger partial charge is 0.331 e. The molecule has 4 heteroatoms. The monoisotopic (exact) mass is 239 g/mol. The molecule has 0 aliphatic carbocycles. The summed E-state index contributed by atoms with van der Waals surface area (Å²) in [6.45, 7) is 1.94. The van der Waals surface area contributed by atoms with E-state index in [2.05, 4.69) is 4.98 Å². The number of aromatic amines is 1. The zero-order valence-electron chi connectivity index (χ0n) is 9.97. The van der Waals surface area contributed by atoms with E-state index in [1.54, 1.807) is 4.57 Å². The molecule has 18 heavy (non-hydrogen) atoms. The Hall–Kier alpha value is -2.49. The van der Waals surface area contributed by atoms with E-state index in [-0.39, 0.29) is 5.69 Å². The summed E-state index contributed by atoms with van der Waals surface area (Å²) in [7, 11) is 0. The van der Waals surface area contributed by atoms with E-state index < -0.39 is 0 Å². The molecule has 4 nitrogen and oxygen atoms in total. The molecule has 0 saturated heterocycles. The van der Waals surface area contributed by atoms with Gasteiger partial charge in [0, 0.05) is 5.69 Å². The maximum absolute atomic E-state index is 12.0. The lowest BCUT2D eigenvalue weighted by atomic mass is 10.2. The van der Waals surface area contributed by atoms with Crippen molar-refractivity contribution in [2.24, 2.45) is 0 Å². The zero-order chi connectivity index (χ0) is 12.7. The number of fused-ring (bicyclic) bond motifs is 1. The molecule has 0 fully saturated rings. The third-order valence-corrected chi connectivity index (χ3v) is 3.11. The van der Waals surface area contributed by atoms with E-state index in [4.69, 9.17) is 5.73 Å². The summed E-state index contributed by atoms with van der Waals surface area (Å²) in [5.74, 6) is 0. The Labute approximate surface area is 104 Å². The molecular formula is C14H13N3O. The maximum Gasteiger partial charge on any atom is 0.331 e. The fourth-order valence-corrected chi connectivity index (χ4v) is 2.08. The molecule has 3 rings (SSSR count). The number of hydrogen-bond donors (Lipinski definition) is 2. The van der Waals surface area contributed by atoms with Crippen molar-refractivity contribution < 1.29 is 0 Å². The van der Waals surface area contributed by atoms with Crippen LogP contribution < -0.4 is 11.4 Å². The lowest BCUT2D eigenvalue weighted by Gasteiger charge is -2.06. The van der Waals surface area contributed by atoms with Crippen LogP contribution in [-0.2, 0) is 0 Å². The van der Waals surface area contributed by atoms with Crippen molar-refractivity contribution in [2.45, 2.75) is 6.92 Å². The molecule has 0 spiro atoms. The first-order valence-electron chi connectivity index (χ1n) is 5.73. The molecule has 0 aliphatic heterocycles. The van der Waals surface area contributed by atoms with E-state index >= 15 is 0 Å². The van der Waals surface area contributed by atoms with Crippen LogP contribution in [0.5, 0.6) is 0 Å². The fourth-order valence-electron chi connectivity index (χ4n) is 2.08. The minimum Gasteiger partial charge on any atom is -0.398 e. The molecule has 0 saturated carbocycles.